The number of allylic oxidation sites excluding steroid dienone is 1. The molecule has 0 aromatic heterocycles. The van der Waals surface area contributed by atoms with Gasteiger partial charge in [0.2, 0.25) is 0 Å². The van der Waals surface area contributed by atoms with Gasteiger partial charge in [0.15, 0.2) is 0 Å². The molecule has 0 atom stereocenters. The van der Waals surface area contributed by atoms with Gasteiger partial charge in [0.25, 0.3) is 0 Å². The summed E-state index contributed by atoms with van der Waals surface area (Å²) >= 11 is 0. The fourth-order valence-electron chi connectivity index (χ4n) is 1.83. The van der Waals surface area contributed by atoms with Crippen molar-refractivity contribution in [3.8, 4) is 0 Å². The average molecular weight is 172 g/mol. The average Bonchev–Trinajstić information content (AvgIpc) is 2.06. The molecule has 1 aliphatic carbocycles. The van der Waals surface area contributed by atoms with Gasteiger partial charge in [-0.15, -0.1) is 6.58 Å². The molecule has 13 heavy (non-hydrogen) atoms. The quantitative estimate of drug-likeness (QED) is 0.610. The van der Waals surface area contributed by atoms with E-state index in [4.69, 9.17) is 0 Å². The molecular formula is C13H16. The molecule has 1 aromatic rings. The van der Waals surface area contributed by atoms with E-state index in [2.05, 4.69) is 30.8 Å². The topological polar surface area (TPSA) is 0 Å². The van der Waals surface area contributed by atoms with Crippen molar-refractivity contribution in [1.82, 2.24) is 0 Å². The minimum atomic E-state index is 0.859. The van der Waals surface area contributed by atoms with E-state index < -0.39 is 0 Å². The van der Waals surface area contributed by atoms with Gasteiger partial charge in [-0.25, -0.2) is 0 Å². The van der Waals surface area contributed by atoms with E-state index in [-0.39, 0.29) is 0 Å². The Morgan fingerprint density at radius 3 is 2.38 bits per heavy atom. The van der Waals surface area contributed by atoms with Crippen LogP contribution in [0.2, 0.25) is 0 Å². The molecular weight excluding hydrogens is 156 g/mol. The number of hydrogen-bond donors (Lipinski definition) is 0. The second-order valence-electron chi connectivity index (χ2n) is 3.86. The number of benzene rings is 1. The van der Waals surface area contributed by atoms with Gasteiger partial charge in [-0.2, -0.15) is 0 Å². The molecule has 1 aliphatic rings. The summed E-state index contributed by atoms with van der Waals surface area (Å²) in [5, 5.41) is 0. The summed E-state index contributed by atoms with van der Waals surface area (Å²) in [6.45, 7) is 3.74. The minimum absolute atomic E-state index is 0.859. The van der Waals surface area contributed by atoms with Crippen LogP contribution in [-0.2, 0) is 6.42 Å². The zero-order chi connectivity index (χ0) is 9.10. The van der Waals surface area contributed by atoms with Crippen molar-refractivity contribution in [2.45, 2.75) is 31.6 Å². The first-order valence-corrected chi connectivity index (χ1v) is 5.10. The molecule has 0 amide bonds. The maximum absolute atomic E-state index is 3.74. The van der Waals surface area contributed by atoms with E-state index in [0.29, 0.717) is 0 Å². The van der Waals surface area contributed by atoms with Gasteiger partial charge < -0.3 is 0 Å². The van der Waals surface area contributed by atoms with Gasteiger partial charge in [0, 0.05) is 0 Å². The Morgan fingerprint density at radius 1 is 1.23 bits per heavy atom. The summed E-state index contributed by atoms with van der Waals surface area (Å²) in [6.07, 6.45) is 7.14. The summed E-state index contributed by atoms with van der Waals surface area (Å²) < 4.78 is 0. The lowest BCUT2D eigenvalue weighted by molar-refractivity contribution is 0.420. The molecule has 0 aliphatic heterocycles. The van der Waals surface area contributed by atoms with Gasteiger partial charge in [-0.1, -0.05) is 36.8 Å². The van der Waals surface area contributed by atoms with Crippen molar-refractivity contribution < 1.29 is 0 Å². The lowest BCUT2D eigenvalue weighted by Gasteiger charge is -2.25. The van der Waals surface area contributed by atoms with Crippen molar-refractivity contribution in [3.05, 3.63) is 48.0 Å². The third-order valence-electron chi connectivity index (χ3n) is 2.94. The van der Waals surface area contributed by atoms with Crippen LogP contribution in [0.4, 0.5) is 0 Å². The van der Waals surface area contributed by atoms with Crippen LogP contribution in [0.3, 0.4) is 0 Å². The van der Waals surface area contributed by atoms with Gasteiger partial charge in [-0.05, 0) is 36.3 Å². The Balaban J connectivity index is 2.08. The molecule has 68 valence electrons. The van der Waals surface area contributed by atoms with Crippen molar-refractivity contribution in [2.24, 2.45) is 0 Å². The monoisotopic (exact) mass is 172 g/mol. The smallest absolute Gasteiger partial charge is 0.0100 e. The fourth-order valence-corrected chi connectivity index (χ4v) is 1.83. The van der Waals surface area contributed by atoms with Crippen LogP contribution in [0.25, 0.3) is 0 Å². The zero-order valence-corrected chi connectivity index (χ0v) is 8.00. The normalized spacial score (nSPS) is 16.6. The largest absolute Gasteiger partial charge is 0.103 e. The Hall–Kier alpha value is -1.04. The first-order chi connectivity index (χ1) is 6.40. The molecule has 2 rings (SSSR count). The van der Waals surface area contributed by atoms with Crippen LogP contribution in [0, 0.1) is 0 Å². The van der Waals surface area contributed by atoms with Crippen LogP contribution in [0.15, 0.2) is 36.9 Å². The van der Waals surface area contributed by atoms with Crippen LogP contribution in [0.1, 0.15) is 36.3 Å². The SMILES string of the molecule is C=CCc1ccc(C2CCC2)cc1. The summed E-state index contributed by atoms with van der Waals surface area (Å²) in [6, 6.07) is 9.02. The molecule has 0 saturated heterocycles. The maximum atomic E-state index is 3.74. The van der Waals surface area contributed by atoms with Gasteiger partial charge in [0.05, 0.1) is 0 Å². The molecule has 1 saturated carbocycles. The molecule has 0 bridgehead atoms. The number of rotatable bonds is 3. The molecule has 0 N–H and O–H groups in total. The molecule has 0 unspecified atom stereocenters. The summed E-state index contributed by atoms with van der Waals surface area (Å²) in [5.74, 6) is 0.859. The first-order valence-electron chi connectivity index (χ1n) is 5.10. The summed E-state index contributed by atoms with van der Waals surface area (Å²) in [4.78, 5) is 0. The molecule has 1 aromatic carbocycles. The van der Waals surface area contributed by atoms with Crippen LogP contribution < -0.4 is 0 Å². The molecule has 0 radical (unpaired) electrons. The van der Waals surface area contributed by atoms with E-state index in [0.717, 1.165) is 12.3 Å². The fraction of sp³-hybridized carbons (Fsp3) is 0.385. The van der Waals surface area contributed by atoms with E-state index >= 15 is 0 Å². The third kappa shape index (κ3) is 1.82. The Labute approximate surface area is 80.3 Å². The molecule has 0 heteroatoms. The van der Waals surface area contributed by atoms with Crippen LogP contribution in [-0.4, -0.2) is 0 Å². The minimum Gasteiger partial charge on any atom is -0.103 e. The highest BCUT2D eigenvalue weighted by Gasteiger charge is 2.18. The van der Waals surface area contributed by atoms with Crippen molar-refractivity contribution in [3.63, 3.8) is 0 Å². The van der Waals surface area contributed by atoms with Gasteiger partial charge >= 0.3 is 0 Å². The lowest BCUT2D eigenvalue weighted by Crippen LogP contribution is -2.08. The van der Waals surface area contributed by atoms with E-state index in [9.17, 15) is 0 Å². The zero-order valence-electron chi connectivity index (χ0n) is 8.00. The maximum Gasteiger partial charge on any atom is -0.0100 e. The highest BCUT2D eigenvalue weighted by atomic mass is 14.2. The second-order valence-corrected chi connectivity index (χ2v) is 3.86. The first kappa shape index (κ1) is 8.55. The standard InChI is InChI=1S/C13H16/c1-2-4-11-7-9-13(10-8-11)12-5-3-6-12/h2,7-10,12H,1,3-6H2. The highest BCUT2D eigenvalue weighted by molar-refractivity contribution is 5.27. The Morgan fingerprint density at radius 2 is 1.92 bits per heavy atom. The van der Waals surface area contributed by atoms with E-state index in [1.165, 1.54) is 30.4 Å². The predicted octanol–water partition coefficient (Wildman–Crippen LogP) is 3.68. The van der Waals surface area contributed by atoms with Crippen LogP contribution in [0.5, 0.6) is 0 Å². The summed E-state index contributed by atoms with van der Waals surface area (Å²) in [5.41, 5.74) is 2.90. The Kier molecular flexibility index (Phi) is 2.49. The molecule has 0 nitrogen and oxygen atoms in total. The van der Waals surface area contributed by atoms with Gasteiger partial charge in [-0.3, -0.25) is 0 Å². The molecule has 1 fully saturated rings. The second kappa shape index (κ2) is 3.78. The van der Waals surface area contributed by atoms with Crippen molar-refractivity contribution in [2.75, 3.05) is 0 Å². The van der Waals surface area contributed by atoms with Crippen molar-refractivity contribution >= 4 is 0 Å². The summed E-state index contributed by atoms with van der Waals surface area (Å²) in [7, 11) is 0. The molecule has 0 spiro atoms. The number of hydrogen-bond acceptors (Lipinski definition) is 0. The van der Waals surface area contributed by atoms with Crippen LogP contribution >= 0.6 is 0 Å². The lowest BCUT2D eigenvalue weighted by atomic mass is 9.80. The van der Waals surface area contributed by atoms with Gasteiger partial charge in [0.1, 0.15) is 0 Å². The van der Waals surface area contributed by atoms with E-state index in [1.54, 1.807) is 0 Å². The van der Waals surface area contributed by atoms with E-state index in [1.807, 2.05) is 6.08 Å². The predicted molar refractivity (Wildman–Crippen MR) is 56.9 cm³/mol. The molecule has 0 heterocycles. The highest BCUT2D eigenvalue weighted by Crippen LogP contribution is 2.36. The third-order valence-corrected chi connectivity index (χ3v) is 2.94. The Bertz CT molecular complexity index is 277. The van der Waals surface area contributed by atoms with Crippen molar-refractivity contribution in [1.29, 1.82) is 0 Å².